The van der Waals surface area contributed by atoms with Gasteiger partial charge in [-0.2, -0.15) is 26.3 Å². The number of fused-ring (bicyclic) bond motifs is 1. The molecule has 1 atom stereocenters. The monoisotopic (exact) mass is 432 g/mol. The normalized spacial score (nSPS) is 14.7. The van der Waals surface area contributed by atoms with Crippen molar-refractivity contribution < 1.29 is 36.2 Å². The van der Waals surface area contributed by atoms with Crippen LogP contribution >= 0.6 is 0 Å². The lowest BCUT2D eigenvalue weighted by Crippen LogP contribution is -2.42. The highest BCUT2D eigenvalue weighted by molar-refractivity contribution is 5.72. The number of anilines is 1. The molecule has 1 unspecified atom stereocenters. The Morgan fingerprint density at radius 1 is 1.20 bits per heavy atom. The third-order valence-electron chi connectivity index (χ3n) is 4.65. The largest absolute Gasteiger partial charge is 0.434 e. The van der Waals surface area contributed by atoms with Crippen molar-refractivity contribution in [2.75, 3.05) is 5.73 Å². The SMILES string of the molecule is Cc1ccc(C(O)(CC=O)C(F)(F)F)cc1-c1cnc2c(N)nc(C(F)(F)F)cn12. The number of nitrogen functional groups attached to an aromatic ring is 1. The van der Waals surface area contributed by atoms with Gasteiger partial charge >= 0.3 is 12.4 Å². The second-order valence-corrected chi connectivity index (χ2v) is 6.60. The smallest absolute Gasteiger partial charge is 0.381 e. The van der Waals surface area contributed by atoms with Crippen molar-refractivity contribution in [3.05, 3.63) is 47.4 Å². The third-order valence-corrected chi connectivity index (χ3v) is 4.65. The maximum Gasteiger partial charge on any atom is 0.434 e. The molecule has 0 amide bonds. The summed E-state index contributed by atoms with van der Waals surface area (Å²) in [5.41, 5.74) is 0.467. The van der Waals surface area contributed by atoms with Crippen LogP contribution in [0, 0.1) is 6.92 Å². The Bertz CT molecular complexity index is 1120. The molecule has 0 bridgehead atoms. The van der Waals surface area contributed by atoms with Crippen LogP contribution in [0.1, 0.15) is 23.2 Å². The standard InChI is InChI=1S/C18H14F6N4O2/c1-9-2-3-10(16(30,4-5-29)18(22,23)24)6-11(9)12-7-26-15-14(25)27-13(8-28(12)15)17(19,20)21/h2-3,5-8,30H,4H2,1H3,(H2,25,27). The van der Waals surface area contributed by atoms with E-state index >= 15 is 0 Å². The molecular formula is C18H14F6N4O2. The first-order chi connectivity index (χ1) is 13.8. The Hall–Kier alpha value is -3.15. The summed E-state index contributed by atoms with van der Waals surface area (Å²) >= 11 is 0. The van der Waals surface area contributed by atoms with E-state index in [1.807, 2.05) is 0 Å². The summed E-state index contributed by atoms with van der Waals surface area (Å²) in [6.07, 6.45) is -9.54. The van der Waals surface area contributed by atoms with E-state index in [4.69, 9.17) is 5.73 Å². The summed E-state index contributed by atoms with van der Waals surface area (Å²) < 4.78 is 80.7. The molecule has 0 spiro atoms. The maximum absolute atomic E-state index is 13.5. The Morgan fingerprint density at radius 3 is 2.43 bits per heavy atom. The number of hydrogen-bond acceptors (Lipinski definition) is 5. The minimum atomic E-state index is -5.17. The zero-order valence-electron chi connectivity index (χ0n) is 15.2. The number of aliphatic hydroxyl groups is 1. The topological polar surface area (TPSA) is 93.5 Å². The first-order valence-corrected chi connectivity index (χ1v) is 8.34. The highest BCUT2D eigenvalue weighted by Crippen LogP contribution is 2.42. The molecule has 0 saturated carbocycles. The van der Waals surface area contributed by atoms with Gasteiger partial charge in [-0.05, 0) is 24.1 Å². The van der Waals surface area contributed by atoms with Gasteiger partial charge in [-0.3, -0.25) is 4.40 Å². The molecule has 3 rings (SSSR count). The number of aldehydes is 1. The third kappa shape index (κ3) is 3.47. The number of aryl methyl sites for hydroxylation is 1. The lowest BCUT2D eigenvalue weighted by Gasteiger charge is -2.29. The molecule has 3 aromatic rings. The van der Waals surface area contributed by atoms with Gasteiger partial charge in [0, 0.05) is 18.2 Å². The number of imidazole rings is 1. The molecule has 2 heterocycles. The lowest BCUT2D eigenvalue weighted by atomic mass is 9.87. The summed E-state index contributed by atoms with van der Waals surface area (Å²) in [5.74, 6) is -0.516. The van der Waals surface area contributed by atoms with Crippen LogP contribution in [-0.4, -0.2) is 31.9 Å². The number of carbonyl (C=O) groups excluding carboxylic acids is 1. The highest BCUT2D eigenvalue weighted by atomic mass is 19.4. The first-order valence-electron chi connectivity index (χ1n) is 8.34. The van der Waals surface area contributed by atoms with Gasteiger partial charge in [0.15, 0.2) is 22.8 Å². The van der Waals surface area contributed by atoms with Gasteiger partial charge in [-0.15, -0.1) is 0 Å². The molecule has 3 N–H and O–H groups in total. The van der Waals surface area contributed by atoms with Crippen LogP contribution < -0.4 is 5.73 Å². The summed E-state index contributed by atoms with van der Waals surface area (Å²) in [4.78, 5) is 17.9. The number of benzene rings is 1. The van der Waals surface area contributed by atoms with Gasteiger partial charge < -0.3 is 15.6 Å². The van der Waals surface area contributed by atoms with Gasteiger partial charge in [0.2, 0.25) is 0 Å². The Balaban J connectivity index is 2.27. The van der Waals surface area contributed by atoms with Crippen LogP contribution in [0.4, 0.5) is 32.2 Å². The minimum Gasteiger partial charge on any atom is -0.381 e. The maximum atomic E-state index is 13.5. The molecule has 2 aromatic heterocycles. The van der Waals surface area contributed by atoms with Crippen molar-refractivity contribution in [1.82, 2.24) is 14.4 Å². The molecule has 0 aliphatic rings. The molecule has 1 aromatic carbocycles. The summed E-state index contributed by atoms with van der Waals surface area (Å²) in [6, 6.07) is 3.20. The van der Waals surface area contributed by atoms with Gasteiger partial charge in [0.25, 0.3) is 0 Å². The summed E-state index contributed by atoms with van der Waals surface area (Å²) in [5, 5.41) is 10.2. The van der Waals surface area contributed by atoms with E-state index in [-0.39, 0.29) is 23.2 Å². The zero-order valence-corrected chi connectivity index (χ0v) is 15.2. The fourth-order valence-electron chi connectivity index (χ4n) is 3.02. The molecule has 0 radical (unpaired) electrons. The van der Waals surface area contributed by atoms with E-state index in [1.165, 1.54) is 13.0 Å². The predicted octanol–water partition coefficient (Wildman–Crippen LogP) is 3.64. The minimum absolute atomic E-state index is 0.000391. The second-order valence-electron chi connectivity index (χ2n) is 6.60. The quantitative estimate of drug-likeness (QED) is 0.485. The van der Waals surface area contributed by atoms with Gasteiger partial charge in [0.1, 0.15) is 6.29 Å². The van der Waals surface area contributed by atoms with Gasteiger partial charge in [-0.1, -0.05) is 12.1 Å². The number of rotatable bonds is 4. The molecule has 160 valence electrons. The van der Waals surface area contributed by atoms with Crippen molar-refractivity contribution in [3.8, 4) is 11.3 Å². The van der Waals surface area contributed by atoms with E-state index in [2.05, 4.69) is 9.97 Å². The van der Waals surface area contributed by atoms with E-state index in [1.54, 1.807) is 0 Å². The average Bonchev–Trinajstić information content (AvgIpc) is 3.05. The van der Waals surface area contributed by atoms with Gasteiger partial charge in [-0.25, -0.2) is 9.97 Å². The van der Waals surface area contributed by atoms with E-state index in [9.17, 15) is 36.2 Å². The predicted molar refractivity (Wildman–Crippen MR) is 93.2 cm³/mol. The van der Waals surface area contributed by atoms with Crippen LogP contribution in [0.15, 0.2) is 30.6 Å². The average molecular weight is 432 g/mol. The van der Waals surface area contributed by atoms with Gasteiger partial charge in [0.05, 0.1) is 11.9 Å². The number of aromatic nitrogens is 3. The van der Waals surface area contributed by atoms with E-state index < -0.39 is 41.4 Å². The summed E-state index contributed by atoms with van der Waals surface area (Å²) in [7, 11) is 0. The van der Waals surface area contributed by atoms with E-state index in [0.717, 1.165) is 22.7 Å². The number of alkyl halides is 6. The van der Waals surface area contributed by atoms with Crippen molar-refractivity contribution in [3.63, 3.8) is 0 Å². The Labute approximate surface area is 165 Å². The fourth-order valence-corrected chi connectivity index (χ4v) is 3.02. The van der Waals surface area contributed by atoms with Crippen molar-refractivity contribution >= 4 is 17.8 Å². The molecule has 6 nitrogen and oxygen atoms in total. The van der Waals surface area contributed by atoms with Crippen LogP contribution in [0.2, 0.25) is 0 Å². The molecule has 30 heavy (non-hydrogen) atoms. The zero-order chi connectivity index (χ0) is 22.5. The molecule has 0 fully saturated rings. The molecule has 0 aliphatic heterocycles. The van der Waals surface area contributed by atoms with Crippen molar-refractivity contribution in [2.24, 2.45) is 0 Å². The molecule has 0 saturated heterocycles. The summed E-state index contributed by atoms with van der Waals surface area (Å²) in [6.45, 7) is 1.51. The fraction of sp³-hybridized carbons (Fsp3) is 0.278. The Morgan fingerprint density at radius 2 is 1.87 bits per heavy atom. The van der Waals surface area contributed by atoms with Crippen LogP contribution in [0.25, 0.3) is 16.9 Å². The van der Waals surface area contributed by atoms with E-state index in [0.29, 0.717) is 11.8 Å². The second kappa shape index (κ2) is 6.97. The van der Waals surface area contributed by atoms with Crippen LogP contribution in [0.5, 0.6) is 0 Å². The molecule has 0 aliphatic carbocycles. The van der Waals surface area contributed by atoms with Crippen LogP contribution in [-0.2, 0) is 16.6 Å². The number of carbonyl (C=O) groups is 1. The number of halogens is 6. The van der Waals surface area contributed by atoms with Crippen molar-refractivity contribution in [2.45, 2.75) is 31.3 Å². The highest BCUT2D eigenvalue weighted by Gasteiger charge is 2.54. The van der Waals surface area contributed by atoms with Crippen molar-refractivity contribution in [1.29, 1.82) is 0 Å². The first kappa shape index (κ1) is 21.6. The number of nitrogens with two attached hydrogens (primary N) is 1. The lowest BCUT2D eigenvalue weighted by molar-refractivity contribution is -0.266. The Kier molecular flexibility index (Phi) is 5.01. The molecule has 12 heteroatoms. The number of nitrogens with zero attached hydrogens (tertiary/aromatic N) is 3. The molecular weight excluding hydrogens is 418 g/mol. The number of hydrogen-bond donors (Lipinski definition) is 2. The van der Waals surface area contributed by atoms with Crippen LogP contribution in [0.3, 0.4) is 0 Å².